The Bertz CT molecular complexity index is 3070. The van der Waals surface area contributed by atoms with E-state index in [0.29, 0.717) is 0 Å². The van der Waals surface area contributed by atoms with Crippen LogP contribution < -0.4 is 18.9 Å². The average Bonchev–Trinajstić information content (AvgIpc) is 4.31. The number of fused-ring (bicyclic) bond motifs is 8. The third kappa shape index (κ3) is 10.9. The summed E-state index contributed by atoms with van der Waals surface area (Å²) in [5, 5.41) is 78.2. The van der Waals surface area contributed by atoms with E-state index in [2.05, 4.69) is 9.97 Å². The van der Waals surface area contributed by atoms with Crippen LogP contribution in [0.4, 0.5) is 17.6 Å². The Morgan fingerprint density at radius 1 is 0.355 bits per heavy atom. The smallest absolute Gasteiger partial charge is 0.173 e. The minimum absolute atomic E-state index is 0.0690. The van der Waals surface area contributed by atoms with Crippen LogP contribution in [0.1, 0.15) is 22.8 Å². The molecule has 2 aliphatic rings. The standard InChI is InChI=1S/C56H50F4N4O12/c57-53-33(5-1-9-45(53)73-25-29(69)21-65)49-37-13-15-39(61-37)50(34-6-2-10-46(54(34)58)74-26-30(70)22-66)41-17-19-43(63-41)52(36-8-4-12-48(56(36)60)76-28-32(72)24-68)44-20-18-42(64-44)51(40-16-14-38(49)62-40)35-7-3-11-47(55(35)59)75-27-31(71)23-67/h1-20,29-32,61,64-72H,21-28H2. The minimum Gasteiger partial charge on any atom is -0.488 e. The van der Waals surface area contributed by atoms with Crippen molar-refractivity contribution in [1.82, 2.24) is 19.9 Å². The molecule has 0 saturated carbocycles. The van der Waals surface area contributed by atoms with Crippen molar-refractivity contribution in [3.05, 3.63) is 143 Å². The Morgan fingerprint density at radius 2 is 0.579 bits per heavy atom. The molecule has 10 N–H and O–H groups in total. The first-order valence-corrected chi connectivity index (χ1v) is 23.8. The van der Waals surface area contributed by atoms with Gasteiger partial charge >= 0.3 is 0 Å². The minimum atomic E-state index is -1.33. The van der Waals surface area contributed by atoms with Gasteiger partial charge in [0.15, 0.2) is 46.3 Å². The Kier molecular flexibility index (Phi) is 16.2. The van der Waals surface area contributed by atoms with Crippen molar-refractivity contribution < 1.29 is 77.4 Å². The second-order valence-electron chi connectivity index (χ2n) is 17.6. The van der Waals surface area contributed by atoms with Crippen molar-refractivity contribution >= 4 is 46.4 Å². The van der Waals surface area contributed by atoms with Gasteiger partial charge in [0.1, 0.15) is 50.8 Å². The third-order valence-corrected chi connectivity index (χ3v) is 12.3. The molecule has 8 bridgehead atoms. The number of aliphatic hydroxyl groups excluding tert-OH is 8. The van der Waals surface area contributed by atoms with E-state index in [4.69, 9.17) is 28.9 Å². The van der Waals surface area contributed by atoms with Crippen molar-refractivity contribution in [1.29, 1.82) is 0 Å². The number of halogens is 4. The lowest BCUT2D eigenvalue weighted by Crippen LogP contribution is -2.21. The van der Waals surface area contributed by atoms with Crippen molar-refractivity contribution in [2.45, 2.75) is 24.4 Å². The molecular weight excluding hydrogens is 997 g/mol. The maximum atomic E-state index is 17.0. The number of ether oxygens (including phenoxy) is 4. The van der Waals surface area contributed by atoms with E-state index in [0.717, 1.165) is 0 Å². The van der Waals surface area contributed by atoms with Gasteiger partial charge in [-0.3, -0.25) is 0 Å². The van der Waals surface area contributed by atoms with Gasteiger partial charge in [-0.15, -0.1) is 0 Å². The van der Waals surface area contributed by atoms with Gasteiger partial charge in [-0.25, -0.2) is 27.5 Å². The molecule has 2 aliphatic heterocycles. The van der Waals surface area contributed by atoms with Crippen LogP contribution in [0.15, 0.2) is 97.1 Å². The molecule has 4 atom stereocenters. The lowest BCUT2D eigenvalue weighted by atomic mass is 10.0. The van der Waals surface area contributed by atoms with Crippen molar-refractivity contribution in [3.8, 4) is 67.5 Å². The molecule has 9 rings (SSSR count). The predicted octanol–water partition coefficient (Wildman–Crippen LogP) is 6.81. The summed E-state index contributed by atoms with van der Waals surface area (Å²) in [6, 6.07) is 23.5. The normalized spacial score (nSPS) is 13.6. The number of aromatic amines is 2. The lowest BCUT2D eigenvalue weighted by molar-refractivity contribution is 0.0524. The number of aliphatic hydroxyl groups is 8. The van der Waals surface area contributed by atoms with Crippen molar-refractivity contribution in [2.24, 2.45) is 0 Å². The molecular formula is C56H50F4N4O12. The molecule has 0 aliphatic carbocycles. The number of benzene rings is 4. The summed E-state index contributed by atoms with van der Waals surface area (Å²) < 4.78 is 90.6. The highest BCUT2D eigenvalue weighted by molar-refractivity contribution is 6.00. The van der Waals surface area contributed by atoms with E-state index in [1.54, 1.807) is 48.6 Å². The molecule has 0 saturated heterocycles. The number of H-pyrrole nitrogens is 2. The van der Waals surface area contributed by atoms with Gasteiger partial charge in [0.05, 0.1) is 49.2 Å². The third-order valence-electron chi connectivity index (χ3n) is 12.3. The number of aromatic nitrogens is 4. The first-order valence-electron chi connectivity index (χ1n) is 23.8. The number of hydrogen-bond donors (Lipinski definition) is 10. The first kappa shape index (κ1) is 52.9. The molecule has 0 spiro atoms. The zero-order valence-electron chi connectivity index (χ0n) is 40.1. The van der Waals surface area contributed by atoms with Crippen LogP contribution in [-0.4, -0.2) is 138 Å². The molecule has 0 amide bonds. The number of hydrogen-bond acceptors (Lipinski definition) is 14. The van der Waals surface area contributed by atoms with Crippen LogP contribution in [0, 0.1) is 23.3 Å². The van der Waals surface area contributed by atoms with E-state index in [1.807, 2.05) is 0 Å². The van der Waals surface area contributed by atoms with Gasteiger partial charge < -0.3 is 69.8 Å². The van der Waals surface area contributed by atoms with Crippen LogP contribution in [0.5, 0.6) is 23.0 Å². The fraction of sp³-hybridized carbons (Fsp3) is 0.214. The first-order chi connectivity index (χ1) is 36.8. The molecule has 0 fully saturated rings. The van der Waals surface area contributed by atoms with Crippen molar-refractivity contribution in [2.75, 3.05) is 52.9 Å². The highest BCUT2D eigenvalue weighted by Gasteiger charge is 2.26. The summed E-state index contributed by atoms with van der Waals surface area (Å²) in [6.45, 7) is -4.44. The summed E-state index contributed by atoms with van der Waals surface area (Å²) >= 11 is 0. The molecule has 4 unspecified atom stereocenters. The fourth-order valence-corrected chi connectivity index (χ4v) is 8.56. The second kappa shape index (κ2) is 23.3. The highest BCUT2D eigenvalue weighted by Crippen LogP contribution is 2.43. The summed E-state index contributed by atoms with van der Waals surface area (Å²) in [4.78, 5) is 16.6. The SMILES string of the molecule is OCC(O)COc1cccc(-c2c3nc(c(-c4cccc(OCC(O)CO)c4F)c4ccc([nH]4)c(-c4cccc(OCC(O)CO)c4F)c4nc(c(-c5cccc(OCC(O)CO)c5F)c5ccc2[nH]5)C=C4)C=C3)c1F. The quantitative estimate of drug-likeness (QED) is 0.0352. The Morgan fingerprint density at radius 3 is 0.789 bits per heavy atom. The maximum Gasteiger partial charge on any atom is 0.173 e. The van der Waals surface area contributed by atoms with Gasteiger partial charge in [0, 0.05) is 66.6 Å². The molecule has 3 aromatic heterocycles. The summed E-state index contributed by atoms with van der Waals surface area (Å²) in [5.74, 6) is -4.69. The van der Waals surface area contributed by atoms with Crippen LogP contribution in [0.25, 0.3) is 90.9 Å². The molecule has 0 radical (unpaired) electrons. The molecule has 5 heterocycles. The topological polar surface area (TPSA) is 256 Å². The van der Waals surface area contributed by atoms with Gasteiger partial charge in [-0.2, -0.15) is 0 Å². The van der Waals surface area contributed by atoms with Gasteiger partial charge in [-0.05, 0) is 72.8 Å². The molecule has 4 aromatic carbocycles. The molecule has 16 nitrogen and oxygen atoms in total. The summed E-state index contributed by atoms with van der Waals surface area (Å²) in [6.07, 6.45) is 0.931. The fourth-order valence-electron chi connectivity index (χ4n) is 8.56. The Balaban J connectivity index is 1.41. The van der Waals surface area contributed by atoms with E-state index < -0.39 is 101 Å². The van der Waals surface area contributed by atoms with Gasteiger partial charge in [-0.1, -0.05) is 48.5 Å². The van der Waals surface area contributed by atoms with E-state index >= 15 is 17.6 Å². The Hall–Kier alpha value is -7.92. The predicted molar refractivity (Wildman–Crippen MR) is 275 cm³/mol. The van der Waals surface area contributed by atoms with E-state index in [-0.39, 0.29) is 112 Å². The van der Waals surface area contributed by atoms with Crippen LogP contribution >= 0.6 is 0 Å². The summed E-state index contributed by atoms with van der Waals surface area (Å²) in [5.41, 5.74) is 1.60. The van der Waals surface area contributed by atoms with Gasteiger partial charge in [0.2, 0.25) is 0 Å². The van der Waals surface area contributed by atoms with E-state index in [1.165, 1.54) is 72.8 Å². The van der Waals surface area contributed by atoms with Crippen molar-refractivity contribution in [3.63, 3.8) is 0 Å². The monoisotopic (exact) mass is 1050 g/mol. The number of rotatable bonds is 20. The van der Waals surface area contributed by atoms with Gasteiger partial charge in [0.25, 0.3) is 0 Å². The molecule has 394 valence electrons. The lowest BCUT2D eigenvalue weighted by Gasteiger charge is -2.14. The summed E-state index contributed by atoms with van der Waals surface area (Å²) in [7, 11) is 0. The zero-order valence-corrected chi connectivity index (χ0v) is 40.1. The number of nitrogens with zero attached hydrogens (tertiary/aromatic N) is 2. The average molecular weight is 1050 g/mol. The molecule has 76 heavy (non-hydrogen) atoms. The Labute approximate surface area is 430 Å². The highest BCUT2D eigenvalue weighted by atomic mass is 19.1. The second-order valence-corrected chi connectivity index (χ2v) is 17.6. The van der Waals surface area contributed by atoms with Crippen LogP contribution in [-0.2, 0) is 0 Å². The molecule has 7 aromatic rings. The van der Waals surface area contributed by atoms with E-state index in [9.17, 15) is 40.9 Å². The van der Waals surface area contributed by atoms with Crippen LogP contribution in [0.3, 0.4) is 0 Å². The molecule has 20 heteroatoms. The maximum absolute atomic E-state index is 17.0. The van der Waals surface area contributed by atoms with Crippen LogP contribution in [0.2, 0.25) is 0 Å². The number of nitrogens with one attached hydrogen (secondary N) is 2. The largest absolute Gasteiger partial charge is 0.488 e. The zero-order chi connectivity index (χ0) is 53.6.